The van der Waals surface area contributed by atoms with Crippen molar-refractivity contribution in [3.63, 3.8) is 0 Å². The molecule has 3 rings (SSSR count). The number of nitrogens with zero attached hydrogens (tertiary/aromatic N) is 3. The molecule has 4 N–H and O–H groups in total. The van der Waals surface area contributed by atoms with Crippen LogP contribution < -0.4 is 0 Å². The molecule has 1 aliphatic heterocycles. The summed E-state index contributed by atoms with van der Waals surface area (Å²) in [7, 11) is 0. The number of imidazole rings is 1. The first-order chi connectivity index (χ1) is 9.52. The molecule has 108 valence electrons. The zero-order chi connectivity index (χ0) is 14.4. The first kappa shape index (κ1) is 13.6. The van der Waals surface area contributed by atoms with Crippen LogP contribution in [0.2, 0.25) is 0 Å². The third kappa shape index (κ3) is 1.95. The summed E-state index contributed by atoms with van der Waals surface area (Å²) in [6.07, 6.45) is -2.55. The number of hydrogen-bond acceptors (Lipinski definition) is 7. The van der Waals surface area contributed by atoms with Gasteiger partial charge in [0.25, 0.3) is 0 Å². The Hall–Kier alpha value is -1.39. The fourth-order valence-corrected chi connectivity index (χ4v) is 2.64. The van der Waals surface area contributed by atoms with E-state index in [4.69, 9.17) is 22.1 Å². The molecular weight excluding hydrogens is 284 g/mol. The van der Waals surface area contributed by atoms with Crippen molar-refractivity contribution in [2.24, 2.45) is 0 Å². The molecule has 2 aromatic rings. The highest BCUT2D eigenvalue weighted by atomic mass is 32.1. The van der Waals surface area contributed by atoms with Crippen LogP contribution in [0.4, 0.5) is 0 Å². The monoisotopic (exact) mass is 298 g/mol. The maximum atomic E-state index is 10.0. The van der Waals surface area contributed by atoms with Crippen molar-refractivity contribution in [1.29, 1.82) is 0 Å². The highest BCUT2D eigenvalue weighted by Gasteiger charge is 2.43. The Morgan fingerprint density at radius 2 is 2.20 bits per heavy atom. The summed E-state index contributed by atoms with van der Waals surface area (Å²) in [6.45, 7) is 1.38. The number of nitrogens with one attached hydrogen (secondary N) is 1. The van der Waals surface area contributed by atoms with Gasteiger partial charge in [-0.1, -0.05) is 12.2 Å². The van der Waals surface area contributed by atoms with E-state index in [1.165, 1.54) is 6.33 Å². The van der Waals surface area contributed by atoms with Gasteiger partial charge in [0.2, 0.25) is 0 Å². The van der Waals surface area contributed by atoms with Crippen LogP contribution in [-0.2, 0) is 4.74 Å². The number of rotatable bonds is 2. The van der Waals surface area contributed by atoms with E-state index < -0.39 is 24.5 Å². The number of aliphatic hydroxyl groups is 3. The predicted molar refractivity (Wildman–Crippen MR) is 70.5 cm³/mol. The van der Waals surface area contributed by atoms with Gasteiger partial charge in [0.05, 0.1) is 12.9 Å². The Bertz CT molecular complexity index is 699. The Kier molecular flexibility index (Phi) is 3.30. The van der Waals surface area contributed by atoms with Crippen molar-refractivity contribution in [1.82, 2.24) is 19.5 Å². The molecule has 0 amide bonds. The lowest BCUT2D eigenvalue weighted by molar-refractivity contribution is -0.0511. The van der Waals surface area contributed by atoms with Crippen LogP contribution in [0.1, 0.15) is 12.1 Å². The Labute approximate surface area is 118 Å². The number of H-pyrrole nitrogens is 1. The summed E-state index contributed by atoms with van der Waals surface area (Å²) in [5.41, 5.74) is 1.04. The van der Waals surface area contributed by atoms with E-state index in [1.54, 1.807) is 11.5 Å². The van der Waals surface area contributed by atoms with Gasteiger partial charge in [-0.05, 0) is 6.92 Å². The van der Waals surface area contributed by atoms with E-state index in [-0.39, 0.29) is 6.61 Å². The number of aryl methyl sites for hydroxylation is 1. The topological polar surface area (TPSA) is 116 Å². The van der Waals surface area contributed by atoms with E-state index >= 15 is 0 Å². The summed E-state index contributed by atoms with van der Waals surface area (Å²) in [5.74, 6) is 0.607. The first-order valence-electron chi connectivity index (χ1n) is 6.09. The number of aliphatic hydroxyl groups excluding tert-OH is 3. The lowest BCUT2D eigenvalue weighted by Crippen LogP contribution is -2.33. The lowest BCUT2D eigenvalue weighted by Gasteiger charge is -2.16. The number of hydrogen-bond donors (Lipinski definition) is 4. The van der Waals surface area contributed by atoms with Crippen molar-refractivity contribution < 1.29 is 20.1 Å². The SMILES string of the molecule is Cc1nc(=S)c2ncn(C3O[C@H](CO)[C@@H](O)[C@H]3O)c2[nH]1. The normalized spacial score (nSPS) is 30.2. The minimum absolute atomic E-state index is 0.349. The Morgan fingerprint density at radius 3 is 2.85 bits per heavy atom. The van der Waals surface area contributed by atoms with Crippen LogP contribution in [0.15, 0.2) is 6.33 Å². The molecule has 3 heterocycles. The largest absolute Gasteiger partial charge is 0.394 e. The van der Waals surface area contributed by atoms with Gasteiger partial charge in [0, 0.05) is 0 Å². The number of fused-ring (bicyclic) bond motifs is 1. The molecule has 8 nitrogen and oxygen atoms in total. The highest BCUT2D eigenvalue weighted by molar-refractivity contribution is 7.71. The van der Waals surface area contributed by atoms with E-state index in [9.17, 15) is 10.2 Å². The van der Waals surface area contributed by atoms with Crippen molar-refractivity contribution in [2.45, 2.75) is 31.5 Å². The summed E-state index contributed by atoms with van der Waals surface area (Å²) in [5, 5.41) is 29.0. The zero-order valence-electron chi connectivity index (χ0n) is 10.6. The third-order valence-corrected chi connectivity index (χ3v) is 3.64. The second kappa shape index (κ2) is 4.86. The van der Waals surface area contributed by atoms with E-state index in [0.717, 1.165) is 0 Å². The minimum atomic E-state index is -1.17. The summed E-state index contributed by atoms with van der Waals surface area (Å²) < 4.78 is 7.36. The van der Waals surface area contributed by atoms with E-state index in [0.29, 0.717) is 21.6 Å². The zero-order valence-corrected chi connectivity index (χ0v) is 11.4. The molecule has 0 bridgehead atoms. The molecule has 0 aliphatic carbocycles. The molecule has 1 unspecified atom stereocenters. The second-order valence-electron chi connectivity index (χ2n) is 4.71. The Morgan fingerprint density at radius 1 is 1.45 bits per heavy atom. The first-order valence-corrected chi connectivity index (χ1v) is 6.49. The fraction of sp³-hybridized carbons (Fsp3) is 0.545. The summed E-state index contributed by atoms with van der Waals surface area (Å²) in [4.78, 5) is 11.3. The lowest BCUT2D eigenvalue weighted by atomic mass is 10.1. The predicted octanol–water partition coefficient (Wildman–Crippen LogP) is -0.591. The molecule has 4 atom stereocenters. The van der Waals surface area contributed by atoms with Crippen LogP contribution in [-0.4, -0.2) is 59.8 Å². The number of aromatic nitrogens is 4. The van der Waals surface area contributed by atoms with Crippen molar-refractivity contribution in [3.8, 4) is 0 Å². The van der Waals surface area contributed by atoms with E-state index in [2.05, 4.69) is 15.0 Å². The van der Waals surface area contributed by atoms with Gasteiger partial charge in [-0.15, -0.1) is 0 Å². The highest BCUT2D eigenvalue weighted by Crippen LogP contribution is 2.31. The molecule has 0 spiro atoms. The van der Waals surface area contributed by atoms with Crippen LogP contribution in [0.5, 0.6) is 0 Å². The molecule has 0 radical (unpaired) electrons. The van der Waals surface area contributed by atoms with E-state index in [1.807, 2.05) is 0 Å². The average Bonchev–Trinajstić information content (AvgIpc) is 2.93. The Balaban J connectivity index is 2.09. The van der Waals surface area contributed by atoms with Gasteiger partial charge in [0.1, 0.15) is 35.3 Å². The van der Waals surface area contributed by atoms with Crippen LogP contribution in [0.25, 0.3) is 11.2 Å². The van der Waals surface area contributed by atoms with Crippen molar-refractivity contribution >= 4 is 23.4 Å². The van der Waals surface area contributed by atoms with Crippen LogP contribution >= 0.6 is 12.2 Å². The van der Waals surface area contributed by atoms with Gasteiger partial charge >= 0.3 is 0 Å². The molecule has 2 aromatic heterocycles. The minimum Gasteiger partial charge on any atom is -0.394 e. The smallest absolute Gasteiger partial charge is 0.165 e. The molecule has 1 fully saturated rings. The molecule has 1 saturated heterocycles. The molecular formula is C11H14N4O4S. The standard InChI is InChI=1S/C11H14N4O4S/c1-4-13-9-6(10(20)14-4)12-3-15(9)11-8(18)7(17)5(2-16)19-11/h3,5,7-8,11,16-18H,2H2,1H3,(H,13,14,20)/t5-,7-,8-,11?/m1/s1. The second-order valence-corrected chi connectivity index (χ2v) is 5.09. The fourth-order valence-electron chi connectivity index (χ4n) is 2.35. The van der Waals surface area contributed by atoms with Crippen LogP contribution in [0.3, 0.4) is 0 Å². The summed E-state index contributed by atoms with van der Waals surface area (Å²) >= 11 is 5.13. The van der Waals surface area contributed by atoms with Crippen LogP contribution in [0, 0.1) is 11.6 Å². The molecule has 9 heteroatoms. The molecule has 1 aliphatic rings. The number of aromatic amines is 1. The van der Waals surface area contributed by atoms with Gasteiger partial charge in [-0.25, -0.2) is 9.97 Å². The molecule has 20 heavy (non-hydrogen) atoms. The molecule has 0 aromatic carbocycles. The van der Waals surface area contributed by atoms with Crippen molar-refractivity contribution in [3.05, 3.63) is 16.8 Å². The van der Waals surface area contributed by atoms with Gasteiger partial charge < -0.3 is 25.0 Å². The van der Waals surface area contributed by atoms with Gasteiger partial charge in [-0.3, -0.25) is 4.57 Å². The van der Waals surface area contributed by atoms with Gasteiger partial charge in [0.15, 0.2) is 10.9 Å². The van der Waals surface area contributed by atoms with Gasteiger partial charge in [-0.2, -0.15) is 0 Å². The maximum absolute atomic E-state index is 10.0. The molecule has 0 saturated carbocycles. The third-order valence-electron chi connectivity index (χ3n) is 3.36. The van der Waals surface area contributed by atoms with Crippen molar-refractivity contribution in [2.75, 3.05) is 6.61 Å². The maximum Gasteiger partial charge on any atom is 0.165 e. The summed E-state index contributed by atoms with van der Waals surface area (Å²) in [6, 6.07) is 0. The average molecular weight is 298 g/mol. The number of ether oxygens (including phenoxy) is 1. The quantitative estimate of drug-likeness (QED) is 0.547.